The zero-order valence-electron chi connectivity index (χ0n) is 13.7. The molecule has 0 fully saturated rings. The van der Waals surface area contributed by atoms with Gasteiger partial charge in [0.25, 0.3) is 0 Å². The first-order valence-electron chi connectivity index (χ1n) is 7.59. The minimum Gasteiger partial charge on any atom is -0.294 e. The highest BCUT2D eigenvalue weighted by molar-refractivity contribution is 6.03. The Bertz CT molecular complexity index is 663. The highest BCUT2D eigenvalue weighted by Crippen LogP contribution is 2.17. The molecule has 0 unspecified atom stereocenters. The van der Waals surface area contributed by atoms with Crippen molar-refractivity contribution in [2.24, 2.45) is 0 Å². The maximum absolute atomic E-state index is 12.4. The fourth-order valence-corrected chi connectivity index (χ4v) is 2.57. The summed E-state index contributed by atoms with van der Waals surface area (Å²) in [5, 5.41) is 0. The molecule has 0 N–H and O–H groups in total. The van der Waals surface area contributed by atoms with Gasteiger partial charge in [0.15, 0.2) is 11.6 Å². The standard InChI is InChI=1S/C20H22O2/c1-13-5-7-15(3)17(11-13)19(21)9-10-20(22)18-12-14(2)6-8-16(18)4/h5-8,11-12H,9-10H2,1-4H3. The topological polar surface area (TPSA) is 34.1 Å². The van der Waals surface area contributed by atoms with Crippen molar-refractivity contribution in [1.82, 2.24) is 0 Å². The lowest BCUT2D eigenvalue weighted by Crippen LogP contribution is -2.08. The molecule has 0 radical (unpaired) electrons. The number of aryl methyl sites for hydroxylation is 4. The molecule has 0 aromatic heterocycles. The summed E-state index contributed by atoms with van der Waals surface area (Å²) in [6, 6.07) is 11.7. The van der Waals surface area contributed by atoms with Crippen molar-refractivity contribution in [3.63, 3.8) is 0 Å². The minimum absolute atomic E-state index is 0.0415. The quantitative estimate of drug-likeness (QED) is 0.745. The lowest BCUT2D eigenvalue weighted by atomic mass is 9.95. The maximum atomic E-state index is 12.4. The number of carbonyl (C=O) groups excluding carboxylic acids is 2. The van der Waals surface area contributed by atoms with Gasteiger partial charge in [0.1, 0.15) is 0 Å². The predicted molar refractivity (Wildman–Crippen MR) is 89.7 cm³/mol. The van der Waals surface area contributed by atoms with E-state index in [1.165, 1.54) is 0 Å². The molecule has 0 aliphatic carbocycles. The van der Waals surface area contributed by atoms with Crippen LogP contribution in [0.3, 0.4) is 0 Å². The van der Waals surface area contributed by atoms with Crippen LogP contribution in [0.1, 0.15) is 55.8 Å². The second-order valence-electron chi connectivity index (χ2n) is 5.98. The van der Waals surface area contributed by atoms with E-state index in [0.717, 1.165) is 33.4 Å². The summed E-state index contributed by atoms with van der Waals surface area (Å²) < 4.78 is 0. The summed E-state index contributed by atoms with van der Waals surface area (Å²) in [6.45, 7) is 7.80. The van der Waals surface area contributed by atoms with Crippen molar-refractivity contribution in [1.29, 1.82) is 0 Å². The first-order chi connectivity index (χ1) is 10.4. The number of hydrogen-bond acceptors (Lipinski definition) is 2. The molecule has 0 saturated carbocycles. The maximum Gasteiger partial charge on any atom is 0.163 e. The van der Waals surface area contributed by atoms with Gasteiger partial charge < -0.3 is 0 Å². The van der Waals surface area contributed by atoms with Gasteiger partial charge in [0.2, 0.25) is 0 Å². The molecule has 0 amide bonds. The monoisotopic (exact) mass is 294 g/mol. The van der Waals surface area contributed by atoms with Gasteiger partial charge in [-0.2, -0.15) is 0 Å². The number of hydrogen-bond donors (Lipinski definition) is 0. The second kappa shape index (κ2) is 6.69. The van der Waals surface area contributed by atoms with E-state index in [0.29, 0.717) is 0 Å². The van der Waals surface area contributed by atoms with Crippen molar-refractivity contribution in [2.45, 2.75) is 40.5 Å². The molecule has 2 heteroatoms. The Hall–Kier alpha value is -2.22. The Morgan fingerprint density at radius 2 is 1.05 bits per heavy atom. The highest BCUT2D eigenvalue weighted by atomic mass is 16.1. The zero-order chi connectivity index (χ0) is 16.3. The lowest BCUT2D eigenvalue weighted by Gasteiger charge is -2.08. The summed E-state index contributed by atoms with van der Waals surface area (Å²) in [6.07, 6.45) is 0.521. The summed E-state index contributed by atoms with van der Waals surface area (Å²) in [5.74, 6) is 0.0831. The van der Waals surface area contributed by atoms with Crippen molar-refractivity contribution < 1.29 is 9.59 Å². The Balaban J connectivity index is 2.09. The first-order valence-corrected chi connectivity index (χ1v) is 7.59. The van der Waals surface area contributed by atoms with E-state index in [2.05, 4.69) is 0 Å². The summed E-state index contributed by atoms with van der Waals surface area (Å²) in [5.41, 5.74) is 5.52. The van der Waals surface area contributed by atoms with Crippen LogP contribution in [0.25, 0.3) is 0 Å². The van der Waals surface area contributed by atoms with Crippen LogP contribution in [-0.4, -0.2) is 11.6 Å². The summed E-state index contributed by atoms with van der Waals surface area (Å²) in [4.78, 5) is 24.7. The molecule has 2 rings (SSSR count). The zero-order valence-corrected chi connectivity index (χ0v) is 13.7. The molecular weight excluding hydrogens is 272 g/mol. The third-order valence-corrected chi connectivity index (χ3v) is 3.97. The molecule has 0 saturated heterocycles. The van der Waals surface area contributed by atoms with Crippen LogP contribution in [0.4, 0.5) is 0 Å². The van der Waals surface area contributed by atoms with E-state index in [-0.39, 0.29) is 24.4 Å². The van der Waals surface area contributed by atoms with Crippen molar-refractivity contribution in [3.8, 4) is 0 Å². The molecule has 0 aliphatic heterocycles. The molecular formula is C20H22O2. The smallest absolute Gasteiger partial charge is 0.163 e. The molecule has 0 heterocycles. The third kappa shape index (κ3) is 3.70. The van der Waals surface area contributed by atoms with Crippen LogP contribution < -0.4 is 0 Å². The van der Waals surface area contributed by atoms with Crippen molar-refractivity contribution >= 4 is 11.6 Å². The summed E-state index contributed by atoms with van der Waals surface area (Å²) >= 11 is 0. The Morgan fingerprint density at radius 3 is 1.41 bits per heavy atom. The van der Waals surface area contributed by atoms with Crippen LogP contribution in [0, 0.1) is 27.7 Å². The molecule has 2 nitrogen and oxygen atoms in total. The van der Waals surface area contributed by atoms with Gasteiger partial charge in [-0.1, -0.05) is 35.4 Å². The molecule has 0 spiro atoms. The second-order valence-corrected chi connectivity index (χ2v) is 5.98. The fourth-order valence-electron chi connectivity index (χ4n) is 2.57. The van der Waals surface area contributed by atoms with E-state index in [1.807, 2.05) is 64.1 Å². The third-order valence-electron chi connectivity index (χ3n) is 3.97. The number of rotatable bonds is 5. The van der Waals surface area contributed by atoms with Crippen LogP contribution in [0.5, 0.6) is 0 Å². The van der Waals surface area contributed by atoms with Crippen LogP contribution in [0.15, 0.2) is 36.4 Å². The van der Waals surface area contributed by atoms with E-state index in [4.69, 9.17) is 0 Å². The van der Waals surface area contributed by atoms with E-state index in [9.17, 15) is 9.59 Å². The van der Waals surface area contributed by atoms with Gasteiger partial charge in [-0.05, 0) is 51.0 Å². The van der Waals surface area contributed by atoms with Crippen LogP contribution in [-0.2, 0) is 0 Å². The fraction of sp³-hybridized carbons (Fsp3) is 0.300. The van der Waals surface area contributed by atoms with Crippen molar-refractivity contribution in [2.75, 3.05) is 0 Å². The number of carbonyl (C=O) groups is 2. The molecule has 0 aliphatic rings. The number of ketones is 2. The Labute approximate surface area is 132 Å². The van der Waals surface area contributed by atoms with Gasteiger partial charge in [-0.3, -0.25) is 9.59 Å². The Morgan fingerprint density at radius 1 is 0.682 bits per heavy atom. The molecule has 0 bridgehead atoms. The number of Topliss-reactive ketones (excluding diaryl/α,β-unsaturated/α-hetero) is 2. The van der Waals surface area contributed by atoms with Gasteiger partial charge >= 0.3 is 0 Å². The highest BCUT2D eigenvalue weighted by Gasteiger charge is 2.14. The van der Waals surface area contributed by atoms with E-state index in [1.54, 1.807) is 0 Å². The van der Waals surface area contributed by atoms with Crippen LogP contribution in [0.2, 0.25) is 0 Å². The largest absolute Gasteiger partial charge is 0.294 e. The lowest BCUT2D eigenvalue weighted by molar-refractivity contribution is 0.0916. The number of benzene rings is 2. The summed E-state index contributed by atoms with van der Waals surface area (Å²) in [7, 11) is 0. The Kier molecular flexibility index (Phi) is 4.92. The van der Waals surface area contributed by atoms with Gasteiger partial charge in [-0.15, -0.1) is 0 Å². The average molecular weight is 294 g/mol. The SMILES string of the molecule is Cc1ccc(C)c(C(=O)CCC(=O)c2cc(C)ccc2C)c1. The van der Waals surface area contributed by atoms with Gasteiger partial charge in [0, 0.05) is 24.0 Å². The molecule has 114 valence electrons. The molecule has 2 aromatic rings. The van der Waals surface area contributed by atoms with Gasteiger partial charge in [0.05, 0.1) is 0 Å². The molecule has 0 atom stereocenters. The normalized spacial score (nSPS) is 10.5. The van der Waals surface area contributed by atoms with Crippen molar-refractivity contribution in [3.05, 3.63) is 69.8 Å². The first kappa shape index (κ1) is 16.2. The van der Waals surface area contributed by atoms with Crippen LogP contribution >= 0.6 is 0 Å². The molecule has 22 heavy (non-hydrogen) atoms. The average Bonchev–Trinajstić information content (AvgIpc) is 2.49. The minimum atomic E-state index is 0.0415. The predicted octanol–water partition coefficient (Wildman–Crippen LogP) is 4.77. The molecule has 2 aromatic carbocycles. The van der Waals surface area contributed by atoms with E-state index >= 15 is 0 Å². The van der Waals surface area contributed by atoms with Gasteiger partial charge in [-0.25, -0.2) is 0 Å². The van der Waals surface area contributed by atoms with E-state index < -0.39 is 0 Å².